The Morgan fingerprint density at radius 1 is 1.18 bits per heavy atom. The molecule has 0 radical (unpaired) electrons. The number of amides is 1. The molecule has 0 bridgehead atoms. The molecule has 0 spiro atoms. The molecule has 1 heterocycles. The number of para-hydroxylation sites is 1. The van der Waals surface area contributed by atoms with Crippen LogP contribution in [0.15, 0.2) is 48.5 Å². The van der Waals surface area contributed by atoms with Crippen LogP contribution in [0.4, 0.5) is 5.69 Å². The highest BCUT2D eigenvalue weighted by Gasteiger charge is 2.28. The third kappa shape index (κ3) is 3.06. The molecule has 2 aromatic carbocycles. The average Bonchev–Trinajstić information content (AvgIpc) is 2.97. The quantitative estimate of drug-likeness (QED) is 0.942. The van der Waals surface area contributed by atoms with Crippen molar-refractivity contribution in [2.45, 2.75) is 19.1 Å². The minimum absolute atomic E-state index is 0.0621. The minimum Gasteiger partial charge on any atom is -0.480 e. The predicted molar refractivity (Wildman–Crippen MR) is 87.2 cm³/mol. The normalized spacial score (nSPS) is 15.8. The Morgan fingerprint density at radius 2 is 1.91 bits per heavy atom. The lowest BCUT2D eigenvalue weighted by Gasteiger charge is -2.14. The molecular formula is C18H20N2O2. The number of carbonyl (C=O) groups is 1. The van der Waals surface area contributed by atoms with E-state index >= 15 is 0 Å². The van der Waals surface area contributed by atoms with Crippen LogP contribution in [0.25, 0.3) is 0 Å². The second kappa shape index (κ2) is 6.10. The number of benzene rings is 2. The number of hydrogen-bond donors (Lipinski definition) is 1. The number of nitrogens with zero attached hydrogens (tertiary/aromatic N) is 1. The van der Waals surface area contributed by atoms with Gasteiger partial charge in [-0.05, 0) is 29.3 Å². The third-order valence-electron chi connectivity index (χ3n) is 3.86. The summed E-state index contributed by atoms with van der Waals surface area (Å²) < 4.78 is 5.69. The molecule has 1 aliphatic heterocycles. The van der Waals surface area contributed by atoms with Crippen molar-refractivity contribution >= 4 is 11.6 Å². The molecule has 4 nitrogen and oxygen atoms in total. The summed E-state index contributed by atoms with van der Waals surface area (Å²) in [4.78, 5) is 14.3. The maximum atomic E-state index is 12.2. The van der Waals surface area contributed by atoms with Crippen molar-refractivity contribution in [1.82, 2.24) is 5.32 Å². The third-order valence-corrected chi connectivity index (χ3v) is 3.86. The van der Waals surface area contributed by atoms with Gasteiger partial charge in [0.2, 0.25) is 0 Å². The van der Waals surface area contributed by atoms with Gasteiger partial charge in [0.15, 0.2) is 6.10 Å². The fourth-order valence-electron chi connectivity index (χ4n) is 2.54. The van der Waals surface area contributed by atoms with Crippen molar-refractivity contribution < 1.29 is 9.53 Å². The van der Waals surface area contributed by atoms with E-state index in [2.05, 4.69) is 5.32 Å². The van der Waals surface area contributed by atoms with Crippen LogP contribution in [0, 0.1) is 0 Å². The number of anilines is 1. The molecule has 1 N–H and O–H groups in total. The first-order valence-electron chi connectivity index (χ1n) is 7.42. The first-order valence-corrected chi connectivity index (χ1v) is 7.42. The van der Waals surface area contributed by atoms with E-state index < -0.39 is 6.10 Å². The van der Waals surface area contributed by atoms with Crippen LogP contribution in [0.3, 0.4) is 0 Å². The van der Waals surface area contributed by atoms with Gasteiger partial charge in [0.05, 0.1) is 0 Å². The Kier molecular flexibility index (Phi) is 4.00. The topological polar surface area (TPSA) is 41.6 Å². The van der Waals surface area contributed by atoms with Crippen LogP contribution < -0.4 is 15.0 Å². The highest BCUT2D eigenvalue weighted by atomic mass is 16.5. The zero-order valence-corrected chi connectivity index (χ0v) is 12.9. The summed E-state index contributed by atoms with van der Waals surface area (Å²) in [6.07, 6.45) is 0.222. The number of ether oxygens (including phenoxy) is 1. The first-order chi connectivity index (χ1) is 10.6. The van der Waals surface area contributed by atoms with Gasteiger partial charge in [-0.3, -0.25) is 4.79 Å². The molecule has 0 saturated carbocycles. The van der Waals surface area contributed by atoms with E-state index in [-0.39, 0.29) is 5.91 Å². The van der Waals surface area contributed by atoms with Crippen LogP contribution in [0.1, 0.15) is 11.1 Å². The van der Waals surface area contributed by atoms with Gasteiger partial charge in [0.25, 0.3) is 5.91 Å². The number of rotatable bonds is 4. The second-order valence-corrected chi connectivity index (χ2v) is 5.70. The van der Waals surface area contributed by atoms with Crippen LogP contribution in [0.5, 0.6) is 5.75 Å². The molecular weight excluding hydrogens is 276 g/mol. The van der Waals surface area contributed by atoms with E-state index in [1.165, 1.54) is 0 Å². The smallest absolute Gasteiger partial charge is 0.261 e. The van der Waals surface area contributed by atoms with Crippen molar-refractivity contribution in [3.05, 3.63) is 59.7 Å². The van der Waals surface area contributed by atoms with Crippen molar-refractivity contribution in [3.8, 4) is 5.75 Å². The summed E-state index contributed by atoms with van der Waals surface area (Å²) in [6.45, 7) is 0.517. The zero-order chi connectivity index (χ0) is 15.5. The predicted octanol–water partition coefficient (Wildman–Crippen LogP) is 2.37. The van der Waals surface area contributed by atoms with Gasteiger partial charge in [-0.25, -0.2) is 0 Å². The summed E-state index contributed by atoms with van der Waals surface area (Å²) in [5, 5.41) is 2.95. The van der Waals surface area contributed by atoms with Gasteiger partial charge in [-0.15, -0.1) is 0 Å². The number of nitrogens with one attached hydrogen (secondary N) is 1. The molecule has 0 aliphatic carbocycles. The summed E-state index contributed by atoms with van der Waals surface area (Å²) in [5.41, 5.74) is 3.32. The molecule has 0 saturated heterocycles. The second-order valence-electron chi connectivity index (χ2n) is 5.70. The van der Waals surface area contributed by atoms with Crippen LogP contribution in [-0.4, -0.2) is 26.1 Å². The Morgan fingerprint density at radius 3 is 2.59 bits per heavy atom. The summed E-state index contributed by atoms with van der Waals surface area (Å²) in [6, 6.07) is 15.9. The van der Waals surface area contributed by atoms with Crippen molar-refractivity contribution in [2.24, 2.45) is 0 Å². The molecule has 0 aromatic heterocycles. The molecule has 4 heteroatoms. The highest BCUT2D eigenvalue weighted by molar-refractivity contribution is 5.82. The Balaban J connectivity index is 1.55. The van der Waals surface area contributed by atoms with Gasteiger partial charge in [0.1, 0.15) is 5.75 Å². The number of hydrogen-bond acceptors (Lipinski definition) is 3. The van der Waals surface area contributed by atoms with E-state index in [9.17, 15) is 4.79 Å². The standard InChI is InChI=1S/C18H20N2O2/c1-20(2)15-9-7-13(8-10-15)12-19-18(21)17-11-14-5-3-4-6-16(14)22-17/h3-10,17H,11-12H2,1-2H3,(H,19,21)/t17-/m0/s1. The Labute approximate surface area is 130 Å². The SMILES string of the molecule is CN(C)c1ccc(CNC(=O)[C@@H]2Cc3ccccc3O2)cc1. The van der Waals surface area contributed by atoms with Gasteiger partial charge in [-0.1, -0.05) is 30.3 Å². The molecule has 1 amide bonds. The van der Waals surface area contributed by atoms with E-state index in [0.717, 1.165) is 22.6 Å². The van der Waals surface area contributed by atoms with Gasteiger partial charge < -0.3 is 15.0 Å². The van der Waals surface area contributed by atoms with Crippen LogP contribution >= 0.6 is 0 Å². The van der Waals surface area contributed by atoms with Gasteiger partial charge >= 0.3 is 0 Å². The van der Waals surface area contributed by atoms with E-state index in [1.807, 2.05) is 67.5 Å². The number of carbonyl (C=O) groups excluding carboxylic acids is 1. The maximum Gasteiger partial charge on any atom is 0.261 e. The number of fused-ring (bicyclic) bond motifs is 1. The molecule has 3 rings (SSSR count). The fourth-order valence-corrected chi connectivity index (χ4v) is 2.54. The van der Waals surface area contributed by atoms with Crippen molar-refractivity contribution in [2.75, 3.05) is 19.0 Å². The molecule has 0 unspecified atom stereocenters. The van der Waals surface area contributed by atoms with Crippen LogP contribution in [0.2, 0.25) is 0 Å². The first kappa shape index (κ1) is 14.4. The fraction of sp³-hybridized carbons (Fsp3) is 0.278. The molecule has 114 valence electrons. The lowest BCUT2D eigenvalue weighted by atomic mass is 10.1. The lowest BCUT2D eigenvalue weighted by Crippen LogP contribution is -2.37. The summed E-state index contributed by atoms with van der Waals surface area (Å²) in [5.74, 6) is 0.755. The molecule has 0 fully saturated rings. The average molecular weight is 296 g/mol. The Bertz CT molecular complexity index is 640. The van der Waals surface area contributed by atoms with Crippen LogP contribution in [-0.2, 0) is 17.8 Å². The molecule has 22 heavy (non-hydrogen) atoms. The molecule has 1 atom stereocenters. The van der Waals surface area contributed by atoms with E-state index in [1.54, 1.807) is 0 Å². The highest BCUT2D eigenvalue weighted by Crippen LogP contribution is 2.28. The summed E-state index contributed by atoms with van der Waals surface area (Å²) >= 11 is 0. The van der Waals surface area contributed by atoms with Crippen molar-refractivity contribution in [1.29, 1.82) is 0 Å². The Hall–Kier alpha value is -2.49. The maximum absolute atomic E-state index is 12.2. The zero-order valence-electron chi connectivity index (χ0n) is 12.9. The lowest BCUT2D eigenvalue weighted by molar-refractivity contribution is -0.127. The summed E-state index contributed by atoms with van der Waals surface area (Å²) in [7, 11) is 4.01. The van der Waals surface area contributed by atoms with Gasteiger partial charge in [-0.2, -0.15) is 0 Å². The van der Waals surface area contributed by atoms with E-state index in [0.29, 0.717) is 13.0 Å². The largest absolute Gasteiger partial charge is 0.480 e. The van der Waals surface area contributed by atoms with Gasteiger partial charge in [0, 0.05) is 32.7 Å². The van der Waals surface area contributed by atoms with E-state index in [4.69, 9.17) is 4.74 Å². The van der Waals surface area contributed by atoms with Crippen molar-refractivity contribution in [3.63, 3.8) is 0 Å². The monoisotopic (exact) mass is 296 g/mol. The minimum atomic E-state index is -0.418. The molecule has 2 aromatic rings. The molecule has 1 aliphatic rings.